The van der Waals surface area contributed by atoms with Crippen LogP contribution in [-0.2, 0) is 0 Å². The Hall–Kier alpha value is -1.08. The minimum atomic E-state index is 0.102. The van der Waals surface area contributed by atoms with Crippen LogP contribution in [0, 0.1) is 18.3 Å². The molecule has 1 aromatic heterocycles. The summed E-state index contributed by atoms with van der Waals surface area (Å²) in [7, 11) is 0. The molecule has 1 N–H and O–H groups in total. The van der Waals surface area contributed by atoms with Gasteiger partial charge < -0.3 is 5.32 Å². The third kappa shape index (κ3) is 2.35. The molecule has 0 fully saturated rings. The molecular weight excluding hydrogens is 218 g/mol. The lowest BCUT2D eigenvalue weighted by Crippen LogP contribution is -2.35. The Labute approximate surface area is 102 Å². The number of nitrogens with one attached hydrogen (secondary N) is 1. The van der Waals surface area contributed by atoms with Crippen LogP contribution in [0.2, 0.25) is 0 Å². The Balaban J connectivity index is 2.99. The maximum absolute atomic E-state index is 9.08. The lowest BCUT2D eigenvalue weighted by molar-refractivity contribution is 0.421. The summed E-state index contributed by atoms with van der Waals surface area (Å²) in [5.74, 6) is 0. The van der Waals surface area contributed by atoms with Crippen molar-refractivity contribution in [2.45, 2.75) is 52.5 Å². The highest BCUT2D eigenvalue weighted by Crippen LogP contribution is 2.31. The fourth-order valence-corrected chi connectivity index (χ4v) is 2.71. The van der Waals surface area contributed by atoms with Crippen LogP contribution in [0.4, 0.5) is 5.00 Å². The Morgan fingerprint density at radius 3 is 2.31 bits per heavy atom. The molecule has 1 heterocycles. The van der Waals surface area contributed by atoms with E-state index < -0.39 is 0 Å². The monoisotopic (exact) mass is 237 g/mol. The molecule has 0 saturated heterocycles. The van der Waals surface area contributed by atoms with E-state index in [0.29, 0.717) is 5.56 Å². The molecular formula is C12H19N3S. The minimum Gasteiger partial charge on any atom is -0.369 e. The first-order valence-electron chi connectivity index (χ1n) is 5.77. The first kappa shape index (κ1) is 13.0. The highest BCUT2D eigenvalue weighted by Gasteiger charge is 2.25. The average Bonchev–Trinajstić information content (AvgIpc) is 2.66. The first-order valence-corrected chi connectivity index (χ1v) is 6.54. The molecule has 0 bridgehead atoms. The van der Waals surface area contributed by atoms with Gasteiger partial charge in [-0.15, -0.1) is 0 Å². The SMILES string of the molecule is CCC(CC)(CC)Nc1snc(C)c1C#N. The van der Waals surface area contributed by atoms with Gasteiger partial charge in [0.15, 0.2) is 0 Å². The molecule has 4 heteroatoms. The minimum absolute atomic E-state index is 0.102. The van der Waals surface area contributed by atoms with E-state index in [2.05, 4.69) is 36.5 Å². The van der Waals surface area contributed by atoms with Gasteiger partial charge in [0.1, 0.15) is 16.6 Å². The van der Waals surface area contributed by atoms with Crippen LogP contribution < -0.4 is 5.32 Å². The van der Waals surface area contributed by atoms with Gasteiger partial charge in [-0.1, -0.05) is 20.8 Å². The zero-order chi connectivity index (χ0) is 12.2. The summed E-state index contributed by atoms with van der Waals surface area (Å²) in [5.41, 5.74) is 1.63. The van der Waals surface area contributed by atoms with Crippen LogP contribution in [0.25, 0.3) is 0 Å². The average molecular weight is 237 g/mol. The van der Waals surface area contributed by atoms with E-state index in [0.717, 1.165) is 30.0 Å². The highest BCUT2D eigenvalue weighted by molar-refractivity contribution is 7.10. The second-order valence-electron chi connectivity index (χ2n) is 4.05. The molecule has 1 rings (SSSR count). The molecule has 1 aromatic rings. The smallest absolute Gasteiger partial charge is 0.128 e. The summed E-state index contributed by atoms with van der Waals surface area (Å²) in [6, 6.07) is 2.22. The topological polar surface area (TPSA) is 48.7 Å². The van der Waals surface area contributed by atoms with Crippen molar-refractivity contribution in [3.05, 3.63) is 11.3 Å². The van der Waals surface area contributed by atoms with E-state index >= 15 is 0 Å². The molecule has 0 atom stereocenters. The molecule has 0 aliphatic heterocycles. The van der Waals surface area contributed by atoms with Gasteiger partial charge in [-0.2, -0.15) is 9.64 Å². The number of anilines is 1. The molecule has 0 aliphatic rings. The van der Waals surface area contributed by atoms with Crippen LogP contribution in [0.15, 0.2) is 0 Å². The fraction of sp³-hybridized carbons (Fsp3) is 0.667. The molecule has 0 saturated carbocycles. The molecule has 0 unspecified atom stereocenters. The van der Waals surface area contributed by atoms with E-state index in [4.69, 9.17) is 5.26 Å². The molecule has 0 amide bonds. The Kier molecular flexibility index (Phi) is 4.31. The molecule has 0 spiro atoms. The zero-order valence-corrected chi connectivity index (χ0v) is 11.2. The molecule has 3 nitrogen and oxygen atoms in total. The van der Waals surface area contributed by atoms with Gasteiger partial charge in [0.2, 0.25) is 0 Å². The standard InChI is InChI=1S/C12H19N3S/c1-5-12(6-2,7-3)14-11-10(8-13)9(4)15-16-11/h14H,5-7H2,1-4H3. The largest absolute Gasteiger partial charge is 0.369 e. The van der Waals surface area contributed by atoms with Crippen LogP contribution in [0.1, 0.15) is 51.3 Å². The number of hydrogen-bond acceptors (Lipinski definition) is 4. The quantitative estimate of drug-likeness (QED) is 0.849. The van der Waals surface area contributed by atoms with Gasteiger partial charge in [-0.3, -0.25) is 0 Å². The molecule has 16 heavy (non-hydrogen) atoms. The summed E-state index contributed by atoms with van der Waals surface area (Å²) in [6.45, 7) is 8.42. The number of nitrogens with zero attached hydrogens (tertiary/aromatic N) is 2. The van der Waals surface area contributed by atoms with Crippen LogP contribution in [-0.4, -0.2) is 9.91 Å². The van der Waals surface area contributed by atoms with Crippen LogP contribution in [0.3, 0.4) is 0 Å². The molecule has 0 radical (unpaired) electrons. The Bertz CT molecular complexity index is 377. The van der Waals surface area contributed by atoms with Crippen molar-refractivity contribution in [3.8, 4) is 6.07 Å². The first-order chi connectivity index (χ1) is 7.62. The maximum Gasteiger partial charge on any atom is 0.128 e. The van der Waals surface area contributed by atoms with Crippen molar-refractivity contribution in [1.82, 2.24) is 4.37 Å². The Morgan fingerprint density at radius 2 is 1.88 bits per heavy atom. The highest BCUT2D eigenvalue weighted by atomic mass is 32.1. The summed E-state index contributed by atoms with van der Waals surface area (Å²) in [5, 5.41) is 13.5. The number of aryl methyl sites for hydroxylation is 1. The predicted octanol–water partition coefficient (Wildman–Crippen LogP) is 3.70. The second kappa shape index (κ2) is 5.31. The van der Waals surface area contributed by atoms with Crippen molar-refractivity contribution < 1.29 is 0 Å². The third-order valence-corrected chi connectivity index (χ3v) is 4.24. The van der Waals surface area contributed by atoms with Gasteiger partial charge in [0.05, 0.1) is 5.69 Å². The number of rotatable bonds is 5. The van der Waals surface area contributed by atoms with E-state index in [1.165, 1.54) is 11.5 Å². The zero-order valence-electron chi connectivity index (χ0n) is 10.4. The normalized spacial score (nSPS) is 11.2. The molecule has 0 aliphatic carbocycles. The predicted molar refractivity (Wildman–Crippen MR) is 68.8 cm³/mol. The van der Waals surface area contributed by atoms with Gasteiger partial charge in [-0.05, 0) is 37.7 Å². The number of aromatic nitrogens is 1. The van der Waals surface area contributed by atoms with Crippen molar-refractivity contribution in [3.63, 3.8) is 0 Å². The van der Waals surface area contributed by atoms with Gasteiger partial charge >= 0.3 is 0 Å². The third-order valence-electron chi connectivity index (χ3n) is 3.38. The molecule has 88 valence electrons. The summed E-state index contributed by atoms with van der Waals surface area (Å²) in [4.78, 5) is 0. The van der Waals surface area contributed by atoms with Gasteiger partial charge in [0.25, 0.3) is 0 Å². The molecule has 0 aromatic carbocycles. The van der Waals surface area contributed by atoms with E-state index in [1.54, 1.807) is 0 Å². The van der Waals surface area contributed by atoms with E-state index in [-0.39, 0.29) is 5.54 Å². The van der Waals surface area contributed by atoms with Gasteiger partial charge in [0, 0.05) is 5.54 Å². The van der Waals surface area contributed by atoms with E-state index in [9.17, 15) is 0 Å². The maximum atomic E-state index is 9.08. The number of hydrogen-bond donors (Lipinski definition) is 1. The van der Waals surface area contributed by atoms with Crippen LogP contribution in [0.5, 0.6) is 0 Å². The van der Waals surface area contributed by atoms with Crippen molar-refractivity contribution in [1.29, 1.82) is 5.26 Å². The van der Waals surface area contributed by atoms with Crippen molar-refractivity contribution in [2.75, 3.05) is 5.32 Å². The summed E-state index contributed by atoms with van der Waals surface area (Å²) < 4.78 is 4.23. The number of nitriles is 1. The lowest BCUT2D eigenvalue weighted by Gasteiger charge is -2.32. The summed E-state index contributed by atoms with van der Waals surface area (Å²) in [6.07, 6.45) is 3.17. The Morgan fingerprint density at radius 1 is 1.31 bits per heavy atom. The van der Waals surface area contributed by atoms with Crippen LogP contribution >= 0.6 is 11.5 Å². The summed E-state index contributed by atoms with van der Waals surface area (Å²) >= 11 is 1.39. The fourth-order valence-electron chi connectivity index (χ4n) is 1.84. The van der Waals surface area contributed by atoms with Gasteiger partial charge in [-0.25, -0.2) is 0 Å². The van der Waals surface area contributed by atoms with Crippen molar-refractivity contribution >= 4 is 16.5 Å². The van der Waals surface area contributed by atoms with E-state index in [1.807, 2.05) is 6.92 Å². The lowest BCUT2D eigenvalue weighted by atomic mass is 9.90. The van der Waals surface area contributed by atoms with Crippen molar-refractivity contribution in [2.24, 2.45) is 0 Å². The second-order valence-corrected chi connectivity index (χ2v) is 4.82.